The fourth-order valence-corrected chi connectivity index (χ4v) is 4.09. The van der Waals surface area contributed by atoms with Gasteiger partial charge < -0.3 is 9.32 Å². The van der Waals surface area contributed by atoms with Crippen molar-refractivity contribution < 1.29 is 4.42 Å². The van der Waals surface area contributed by atoms with Crippen LogP contribution in [-0.2, 0) is 6.54 Å². The summed E-state index contributed by atoms with van der Waals surface area (Å²) in [5.74, 6) is 4.75. The summed E-state index contributed by atoms with van der Waals surface area (Å²) >= 11 is 0. The number of hydrogen-bond donors (Lipinski definition) is 0. The maximum atomic E-state index is 5.87. The van der Waals surface area contributed by atoms with Gasteiger partial charge in [0.05, 0.1) is 12.7 Å². The Bertz CT molecular complexity index is 742. The molecule has 2 fully saturated rings. The van der Waals surface area contributed by atoms with E-state index in [-0.39, 0.29) is 0 Å². The van der Waals surface area contributed by atoms with Gasteiger partial charge in [0.2, 0.25) is 5.89 Å². The van der Waals surface area contributed by atoms with Gasteiger partial charge in [-0.25, -0.2) is 15.0 Å². The Kier molecular flexibility index (Phi) is 4.23. The molecule has 6 nitrogen and oxygen atoms in total. The molecule has 4 heterocycles. The number of likely N-dealkylation sites (tertiary alicyclic amines) is 1. The summed E-state index contributed by atoms with van der Waals surface area (Å²) in [5.41, 5.74) is 2.29. The number of hydrogen-bond acceptors (Lipinski definition) is 6. The molecule has 2 aliphatic heterocycles. The zero-order valence-electron chi connectivity index (χ0n) is 15.6. The lowest BCUT2D eigenvalue weighted by molar-refractivity contribution is 0.269. The van der Waals surface area contributed by atoms with Crippen LogP contribution in [-0.4, -0.2) is 46.0 Å². The SMILES string of the molecule is Cc1ncnc(N2CC3CN(Cc4ncc(C(C)C)o4)CC3C2)c1C. The number of aryl methyl sites for hydroxylation is 1. The zero-order valence-corrected chi connectivity index (χ0v) is 15.6. The van der Waals surface area contributed by atoms with Gasteiger partial charge in [0.15, 0.2) is 0 Å². The summed E-state index contributed by atoms with van der Waals surface area (Å²) in [7, 11) is 0. The second-order valence-corrected chi connectivity index (χ2v) is 7.84. The average molecular weight is 341 g/mol. The van der Waals surface area contributed by atoms with Crippen LogP contribution in [0.15, 0.2) is 16.9 Å². The lowest BCUT2D eigenvalue weighted by atomic mass is 10.0. The molecule has 25 heavy (non-hydrogen) atoms. The fraction of sp³-hybridized carbons (Fsp3) is 0.632. The van der Waals surface area contributed by atoms with E-state index in [0.717, 1.165) is 55.9 Å². The minimum atomic E-state index is 0.396. The van der Waals surface area contributed by atoms with Crippen LogP contribution < -0.4 is 4.90 Å². The first-order chi connectivity index (χ1) is 12.0. The van der Waals surface area contributed by atoms with Crippen molar-refractivity contribution >= 4 is 5.82 Å². The summed E-state index contributed by atoms with van der Waals surface area (Å²) in [6, 6.07) is 0. The Morgan fingerprint density at radius 3 is 2.44 bits per heavy atom. The van der Waals surface area contributed by atoms with E-state index in [1.807, 2.05) is 6.20 Å². The van der Waals surface area contributed by atoms with Gasteiger partial charge in [-0.2, -0.15) is 0 Å². The van der Waals surface area contributed by atoms with Crippen molar-refractivity contribution in [2.45, 2.75) is 40.2 Å². The predicted octanol–water partition coefficient (Wildman–Crippen LogP) is 2.77. The molecule has 2 aliphatic rings. The molecule has 0 saturated carbocycles. The lowest BCUT2D eigenvalue weighted by Crippen LogP contribution is -2.29. The molecule has 2 aromatic rings. The molecule has 0 bridgehead atoms. The van der Waals surface area contributed by atoms with Crippen LogP contribution in [0.5, 0.6) is 0 Å². The van der Waals surface area contributed by atoms with E-state index in [1.54, 1.807) is 6.33 Å². The molecule has 2 aromatic heterocycles. The minimum Gasteiger partial charge on any atom is -0.444 e. The maximum Gasteiger partial charge on any atom is 0.208 e. The second kappa shape index (κ2) is 6.41. The summed E-state index contributed by atoms with van der Waals surface area (Å²) in [4.78, 5) is 18.2. The number of oxazole rings is 1. The lowest BCUT2D eigenvalue weighted by Gasteiger charge is -2.23. The molecule has 0 N–H and O–H groups in total. The second-order valence-electron chi connectivity index (χ2n) is 7.84. The predicted molar refractivity (Wildman–Crippen MR) is 96.6 cm³/mol. The van der Waals surface area contributed by atoms with E-state index in [2.05, 4.69) is 52.4 Å². The molecule has 0 amide bonds. The average Bonchev–Trinajstić information content (AvgIpc) is 3.25. The molecule has 134 valence electrons. The van der Waals surface area contributed by atoms with Gasteiger partial charge in [0.25, 0.3) is 0 Å². The van der Waals surface area contributed by atoms with Crippen molar-refractivity contribution in [2.75, 3.05) is 31.1 Å². The summed E-state index contributed by atoms with van der Waals surface area (Å²) in [6.45, 7) is 13.7. The van der Waals surface area contributed by atoms with Crippen molar-refractivity contribution in [3.05, 3.63) is 35.4 Å². The first-order valence-electron chi connectivity index (χ1n) is 9.21. The number of rotatable bonds is 4. The molecule has 0 aromatic carbocycles. The molecular formula is C19H27N5O. The van der Waals surface area contributed by atoms with Crippen LogP contribution in [0.1, 0.15) is 42.7 Å². The molecule has 0 radical (unpaired) electrons. The van der Waals surface area contributed by atoms with Crippen molar-refractivity contribution in [3.8, 4) is 0 Å². The van der Waals surface area contributed by atoms with E-state index in [1.165, 1.54) is 5.56 Å². The standard InChI is InChI=1S/C19H27N5O/c1-12(2)17-5-20-18(25-17)10-23-6-15-8-24(9-16(15)7-23)19-13(3)14(4)21-11-22-19/h5,11-12,15-16H,6-10H2,1-4H3. The van der Waals surface area contributed by atoms with E-state index < -0.39 is 0 Å². The third kappa shape index (κ3) is 3.15. The van der Waals surface area contributed by atoms with Gasteiger partial charge in [-0.15, -0.1) is 0 Å². The van der Waals surface area contributed by atoms with Gasteiger partial charge in [0, 0.05) is 43.4 Å². The van der Waals surface area contributed by atoms with Gasteiger partial charge in [-0.3, -0.25) is 4.90 Å². The highest BCUT2D eigenvalue weighted by Crippen LogP contribution is 2.35. The number of anilines is 1. The first-order valence-corrected chi connectivity index (χ1v) is 9.21. The smallest absolute Gasteiger partial charge is 0.208 e. The Balaban J connectivity index is 1.38. The number of nitrogens with zero attached hydrogens (tertiary/aromatic N) is 5. The summed E-state index contributed by atoms with van der Waals surface area (Å²) in [5, 5.41) is 0. The Morgan fingerprint density at radius 1 is 1.08 bits per heavy atom. The van der Waals surface area contributed by atoms with Crippen molar-refractivity contribution in [2.24, 2.45) is 11.8 Å². The van der Waals surface area contributed by atoms with E-state index in [0.29, 0.717) is 17.8 Å². The molecule has 4 rings (SSSR count). The van der Waals surface area contributed by atoms with Crippen LogP contribution in [0.4, 0.5) is 5.82 Å². The number of aromatic nitrogens is 3. The van der Waals surface area contributed by atoms with E-state index in [4.69, 9.17) is 4.42 Å². The van der Waals surface area contributed by atoms with Crippen LogP contribution in [0.25, 0.3) is 0 Å². The minimum absolute atomic E-state index is 0.396. The molecule has 0 spiro atoms. The Labute approximate surface area is 149 Å². The van der Waals surface area contributed by atoms with Crippen LogP contribution >= 0.6 is 0 Å². The van der Waals surface area contributed by atoms with Gasteiger partial charge in [-0.05, 0) is 25.7 Å². The third-order valence-corrected chi connectivity index (χ3v) is 5.67. The molecule has 2 unspecified atom stereocenters. The largest absolute Gasteiger partial charge is 0.444 e. The third-order valence-electron chi connectivity index (χ3n) is 5.67. The molecule has 6 heteroatoms. The first kappa shape index (κ1) is 16.5. The Morgan fingerprint density at radius 2 is 1.80 bits per heavy atom. The highest BCUT2D eigenvalue weighted by atomic mass is 16.4. The highest BCUT2D eigenvalue weighted by Gasteiger charge is 2.41. The van der Waals surface area contributed by atoms with Crippen molar-refractivity contribution in [1.29, 1.82) is 0 Å². The molecule has 2 atom stereocenters. The van der Waals surface area contributed by atoms with E-state index >= 15 is 0 Å². The van der Waals surface area contributed by atoms with Crippen LogP contribution in [0.2, 0.25) is 0 Å². The normalized spacial score (nSPS) is 23.6. The van der Waals surface area contributed by atoms with Crippen molar-refractivity contribution in [1.82, 2.24) is 19.9 Å². The summed E-state index contributed by atoms with van der Waals surface area (Å²) < 4.78 is 5.87. The van der Waals surface area contributed by atoms with Gasteiger partial charge in [-0.1, -0.05) is 13.8 Å². The van der Waals surface area contributed by atoms with Gasteiger partial charge in [0.1, 0.15) is 17.9 Å². The quantitative estimate of drug-likeness (QED) is 0.852. The molecular weight excluding hydrogens is 314 g/mol. The van der Waals surface area contributed by atoms with Crippen LogP contribution in [0.3, 0.4) is 0 Å². The van der Waals surface area contributed by atoms with Gasteiger partial charge >= 0.3 is 0 Å². The highest BCUT2D eigenvalue weighted by molar-refractivity contribution is 5.48. The van der Waals surface area contributed by atoms with Crippen LogP contribution in [0, 0.1) is 25.7 Å². The maximum absolute atomic E-state index is 5.87. The molecule has 2 saturated heterocycles. The van der Waals surface area contributed by atoms with E-state index in [9.17, 15) is 0 Å². The van der Waals surface area contributed by atoms with Crippen molar-refractivity contribution in [3.63, 3.8) is 0 Å². The monoisotopic (exact) mass is 341 g/mol. The molecule has 0 aliphatic carbocycles. The Hall–Kier alpha value is -1.95. The fourth-order valence-electron chi connectivity index (χ4n) is 4.09. The topological polar surface area (TPSA) is 58.3 Å². The summed E-state index contributed by atoms with van der Waals surface area (Å²) in [6.07, 6.45) is 3.56. The number of fused-ring (bicyclic) bond motifs is 1. The zero-order chi connectivity index (χ0) is 17.6.